The molecule has 2 N–H and O–H groups in total. The predicted octanol–water partition coefficient (Wildman–Crippen LogP) is 2.41. The third kappa shape index (κ3) is 4.51. The Labute approximate surface area is 149 Å². The van der Waals surface area contributed by atoms with E-state index < -0.39 is 0 Å². The number of imidazole rings is 1. The second-order valence-corrected chi connectivity index (χ2v) is 7.27. The summed E-state index contributed by atoms with van der Waals surface area (Å²) in [5.41, 5.74) is 3.25. The molecule has 6 nitrogen and oxygen atoms in total. The molecule has 0 aliphatic carbocycles. The fraction of sp³-hybridized carbons (Fsp3) is 0.579. The van der Waals surface area contributed by atoms with E-state index in [1.165, 1.54) is 24.8 Å². The van der Waals surface area contributed by atoms with Gasteiger partial charge in [0.15, 0.2) is 0 Å². The molecule has 2 amide bonds. The summed E-state index contributed by atoms with van der Waals surface area (Å²) in [4.78, 5) is 19.1. The van der Waals surface area contributed by atoms with Crippen LogP contribution in [0.3, 0.4) is 0 Å². The number of aryl methyl sites for hydroxylation is 2. The molecule has 0 bridgehead atoms. The van der Waals surface area contributed by atoms with E-state index in [2.05, 4.69) is 52.7 Å². The predicted molar refractivity (Wildman–Crippen MR) is 101 cm³/mol. The van der Waals surface area contributed by atoms with Crippen LogP contribution in [0, 0.1) is 12.8 Å². The zero-order valence-corrected chi connectivity index (χ0v) is 15.5. The number of nitrogens with one attached hydrogen (secondary N) is 2. The fourth-order valence-electron chi connectivity index (χ4n) is 3.58. The van der Waals surface area contributed by atoms with Crippen molar-refractivity contribution in [1.29, 1.82) is 0 Å². The third-order valence-corrected chi connectivity index (χ3v) is 5.06. The van der Waals surface area contributed by atoms with Gasteiger partial charge in [-0.1, -0.05) is 12.5 Å². The molecule has 1 aromatic heterocycles. The van der Waals surface area contributed by atoms with Gasteiger partial charge in [0.1, 0.15) is 5.82 Å². The third-order valence-electron chi connectivity index (χ3n) is 5.06. The molecule has 6 heteroatoms. The number of amides is 2. The number of carbonyl (C=O) groups is 1. The number of aromatic nitrogens is 2. The molecule has 3 rings (SSSR count). The average Bonchev–Trinajstić information content (AvgIpc) is 2.75. The second-order valence-electron chi connectivity index (χ2n) is 7.27. The molecule has 0 radical (unpaired) electrons. The molecule has 1 fully saturated rings. The van der Waals surface area contributed by atoms with Crippen LogP contribution in [0.2, 0.25) is 0 Å². The monoisotopic (exact) mass is 343 g/mol. The van der Waals surface area contributed by atoms with E-state index in [4.69, 9.17) is 0 Å². The molecule has 1 aliphatic heterocycles. The van der Waals surface area contributed by atoms with Crippen molar-refractivity contribution in [2.24, 2.45) is 13.0 Å². The van der Waals surface area contributed by atoms with E-state index >= 15 is 0 Å². The number of benzene rings is 1. The Morgan fingerprint density at radius 1 is 1.28 bits per heavy atom. The summed E-state index contributed by atoms with van der Waals surface area (Å²) in [6.07, 6.45) is 3.69. The van der Waals surface area contributed by atoms with Gasteiger partial charge in [-0.2, -0.15) is 0 Å². The Bertz CT molecular complexity index is 739. The summed E-state index contributed by atoms with van der Waals surface area (Å²) in [6.45, 7) is 5.45. The molecule has 0 saturated carbocycles. The van der Waals surface area contributed by atoms with Crippen LogP contribution >= 0.6 is 0 Å². The largest absolute Gasteiger partial charge is 0.338 e. The summed E-state index contributed by atoms with van der Waals surface area (Å²) in [6, 6.07) is 6.11. The number of hydrogen-bond donors (Lipinski definition) is 2. The highest BCUT2D eigenvalue weighted by atomic mass is 16.2. The Morgan fingerprint density at radius 3 is 2.96 bits per heavy atom. The van der Waals surface area contributed by atoms with Crippen LogP contribution < -0.4 is 10.6 Å². The van der Waals surface area contributed by atoms with Gasteiger partial charge in [0, 0.05) is 20.1 Å². The standard InChI is InChI=1S/C19H29N5O/c1-14-7-8-17-16(10-14)22-18(24(17)3)12-21-19(25)20-11-15-6-4-5-9-23(2)13-15/h7-8,10,15H,4-6,9,11-13H2,1-3H3,(H2,20,21,25). The number of nitrogens with zero attached hydrogens (tertiary/aromatic N) is 3. The van der Waals surface area contributed by atoms with Gasteiger partial charge in [-0.05, 0) is 57.0 Å². The van der Waals surface area contributed by atoms with Crippen LogP contribution in [0.5, 0.6) is 0 Å². The fourth-order valence-corrected chi connectivity index (χ4v) is 3.58. The number of carbonyl (C=O) groups excluding carboxylic acids is 1. The van der Waals surface area contributed by atoms with Gasteiger partial charge >= 0.3 is 6.03 Å². The molecule has 1 unspecified atom stereocenters. The Morgan fingerprint density at radius 2 is 2.12 bits per heavy atom. The lowest BCUT2D eigenvalue weighted by Gasteiger charge is -2.20. The highest BCUT2D eigenvalue weighted by molar-refractivity contribution is 5.77. The van der Waals surface area contributed by atoms with Crippen LogP contribution in [0.4, 0.5) is 4.79 Å². The van der Waals surface area contributed by atoms with Gasteiger partial charge in [-0.25, -0.2) is 9.78 Å². The quantitative estimate of drug-likeness (QED) is 0.896. The van der Waals surface area contributed by atoms with Crippen molar-refractivity contribution in [3.8, 4) is 0 Å². The minimum absolute atomic E-state index is 0.116. The Balaban J connectivity index is 1.51. The van der Waals surface area contributed by atoms with Gasteiger partial charge in [0.05, 0.1) is 17.6 Å². The Kier molecular flexibility index (Phi) is 5.58. The van der Waals surface area contributed by atoms with Crippen molar-refractivity contribution in [3.05, 3.63) is 29.6 Å². The topological polar surface area (TPSA) is 62.2 Å². The highest BCUT2D eigenvalue weighted by Crippen LogP contribution is 2.16. The molecular weight excluding hydrogens is 314 g/mol. The average molecular weight is 343 g/mol. The first kappa shape index (κ1) is 17.7. The second kappa shape index (κ2) is 7.87. The van der Waals surface area contributed by atoms with Crippen molar-refractivity contribution in [1.82, 2.24) is 25.1 Å². The van der Waals surface area contributed by atoms with Crippen molar-refractivity contribution in [3.63, 3.8) is 0 Å². The zero-order chi connectivity index (χ0) is 17.8. The SMILES string of the molecule is Cc1ccc2c(c1)nc(CNC(=O)NCC1CCCCN(C)C1)n2C. The molecule has 1 aromatic carbocycles. The van der Waals surface area contributed by atoms with Gasteiger partial charge in [-0.15, -0.1) is 0 Å². The van der Waals surface area contributed by atoms with Crippen LogP contribution in [0.15, 0.2) is 18.2 Å². The number of rotatable bonds is 4. The minimum Gasteiger partial charge on any atom is -0.338 e. The summed E-state index contributed by atoms with van der Waals surface area (Å²) >= 11 is 0. The summed E-state index contributed by atoms with van der Waals surface area (Å²) in [5, 5.41) is 5.95. The number of fused-ring (bicyclic) bond motifs is 1. The molecule has 1 saturated heterocycles. The first-order valence-corrected chi connectivity index (χ1v) is 9.15. The van der Waals surface area contributed by atoms with E-state index in [9.17, 15) is 4.79 Å². The number of urea groups is 1. The lowest BCUT2D eigenvalue weighted by Crippen LogP contribution is -2.40. The Hall–Kier alpha value is -2.08. The molecule has 2 aromatic rings. The van der Waals surface area contributed by atoms with E-state index in [-0.39, 0.29) is 6.03 Å². The minimum atomic E-state index is -0.116. The maximum absolute atomic E-state index is 12.1. The van der Waals surface area contributed by atoms with E-state index in [0.717, 1.165) is 36.5 Å². The molecule has 0 spiro atoms. The van der Waals surface area contributed by atoms with Gasteiger partial charge in [-0.3, -0.25) is 0 Å². The molecule has 1 aliphatic rings. The highest BCUT2D eigenvalue weighted by Gasteiger charge is 2.16. The lowest BCUT2D eigenvalue weighted by atomic mass is 10.0. The summed E-state index contributed by atoms with van der Waals surface area (Å²) in [5.74, 6) is 1.40. The molecule has 2 heterocycles. The number of likely N-dealkylation sites (tertiary alicyclic amines) is 1. The molecule has 1 atom stereocenters. The summed E-state index contributed by atoms with van der Waals surface area (Å²) in [7, 11) is 4.15. The lowest BCUT2D eigenvalue weighted by molar-refractivity contribution is 0.234. The van der Waals surface area contributed by atoms with Crippen molar-refractivity contribution >= 4 is 17.1 Å². The van der Waals surface area contributed by atoms with Gasteiger partial charge in [0.2, 0.25) is 0 Å². The van der Waals surface area contributed by atoms with E-state index in [1.807, 2.05) is 11.6 Å². The smallest absolute Gasteiger partial charge is 0.315 e. The van der Waals surface area contributed by atoms with Crippen molar-refractivity contribution in [2.45, 2.75) is 32.7 Å². The van der Waals surface area contributed by atoms with Gasteiger partial charge < -0.3 is 20.1 Å². The maximum Gasteiger partial charge on any atom is 0.315 e. The first-order chi connectivity index (χ1) is 12.0. The van der Waals surface area contributed by atoms with Crippen LogP contribution in [-0.2, 0) is 13.6 Å². The molecule has 25 heavy (non-hydrogen) atoms. The summed E-state index contributed by atoms with van der Waals surface area (Å²) < 4.78 is 2.04. The zero-order valence-electron chi connectivity index (χ0n) is 15.5. The van der Waals surface area contributed by atoms with Crippen LogP contribution in [0.25, 0.3) is 11.0 Å². The molecular formula is C19H29N5O. The number of hydrogen-bond acceptors (Lipinski definition) is 3. The van der Waals surface area contributed by atoms with Crippen molar-refractivity contribution in [2.75, 3.05) is 26.7 Å². The molecule has 136 valence electrons. The van der Waals surface area contributed by atoms with Crippen LogP contribution in [-0.4, -0.2) is 47.2 Å². The maximum atomic E-state index is 12.1. The van der Waals surface area contributed by atoms with E-state index in [0.29, 0.717) is 12.5 Å². The van der Waals surface area contributed by atoms with Crippen LogP contribution in [0.1, 0.15) is 30.7 Å². The van der Waals surface area contributed by atoms with Crippen molar-refractivity contribution < 1.29 is 4.79 Å². The normalized spacial score (nSPS) is 18.9. The first-order valence-electron chi connectivity index (χ1n) is 9.15. The van der Waals surface area contributed by atoms with E-state index in [1.54, 1.807) is 0 Å². The van der Waals surface area contributed by atoms with Gasteiger partial charge in [0.25, 0.3) is 0 Å².